The Morgan fingerprint density at radius 1 is 0.754 bits per heavy atom. The van der Waals surface area contributed by atoms with Gasteiger partial charge in [-0.25, -0.2) is 49.5 Å². The van der Waals surface area contributed by atoms with Crippen molar-refractivity contribution in [2.45, 2.75) is 116 Å². The number of hydrogen-bond acceptors (Lipinski definition) is 16. The Morgan fingerprint density at radius 3 is 1.36 bits per heavy atom. The number of carbonyl (C=O) groups excluding carboxylic acids is 6. The van der Waals surface area contributed by atoms with E-state index >= 15 is 0 Å². The second-order valence-electron chi connectivity index (χ2n) is 11.2. The molecule has 6 atom stereocenters. The van der Waals surface area contributed by atoms with Crippen molar-refractivity contribution in [2.24, 2.45) is 0 Å². The summed E-state index contributed by atoms with van der Waals surface area (Å²) in [5.41, 5.74) is 0. The number of rotatable bonds is 11. The summed E-state index contributed by atoms with van der Waals surface area (Å²) >= 11 is 0. The van der Waals surface area contributed by atoms with Crippen LogP contribution in [0.5, 0.6) is 0 Å². The molecule has 0 N–H and O–H groups in total. The van der Waals surface area contributed by atoms with Crippen molar-refractivity contribution in [2.75, 3.05) is 47.3 Å². The highest BCUT2D eigenvalue weighted by Crippen LogP contribution is 2.29. The Balaban J connectivity index is -0.000000315. The van der Waals surface area contributed by atoms with Crippen LogP contribution in [-0.2, 0) is 61.8 Å². The molecule has 16 nitrogen and oxygen atoms in total. The summed E-state index contributed by atoms with van der Waals surface area (Å²) in [4.78, 5) is 59.7. The van der Waals surface area contributed by atoms with Crippen LogP contribution in [0.1, 0.15) is 48.0 Å². The summed E-state index contributed by atoms with van der Waals surface area (Å²) in [6.07, 6.45) is -26.3. The number of ketones is 1. The molecule has 0 aromatic rings. The van der Waals surface area contributed by atoms with E-state index in [0.29, 0.717) is 20.1 Å². The molecule has 3 fully saturated rings. The fourth-order valence-corrected chi connectivity index (χ4v) is 2.30. The maximum absolute atomic E-state index is 12.3. The molecule has 0 bridgehead atoms. The smallest absolute Gasteiger partial charge is 0.469 e. The zero-order chi connectivity index (χ0) is 48.9. The standard InChI is InChI=1S/C6H7F7O.C5H9FO2.C4H5F3O2.C4H6F2O2.C4H5FO3.2C4H6O3/c1-3(7)5(10,11)2-14-6(12,13)4(8)9;1-4(6)3-8-5(2)7;1-9-3(8)2-4(5,6)7;1-8-2-3(7)4(5)6;1-2-3(5)8-4(6)7-2;2*1-3-2-6-4(5)7-3/h3-4H,2H2,1H3;4H,3H2,1-2H3;2H2,1H3;4H,2H2,1H3;2-3H,1H3;2*3H,2H2,1H3. The van der Waals surface area contributed by atoms with Crippen LogP contribution < -0.4 is 0 Å². The lowest BCUT2D eigenvalue weighted by Crippen LogP contribution is -2.39. The van der Waals surface area contributed by atoms with Gasteiger partial charge in [-0.1, -0.05) is 0 Å². The van der Waals surface area contributed by atoms with Crippen molar-refractivity contribution >= 4 is 36.2 Å². The number of ether oxygens (including phenoxy) is 10. The number of halogens is 14. The predicted octanol–water partition coefficient (Wildman–Crippen LogP) is 7.26. The molecule has 0 spiro atoms. The Kier molecular flexibility index (Phi) is 33.2. The van der Waals surface area contributed by atoms with E-state index < -0.39 is 112 Å². The average molecular weight is 939 g/mol. The molecule has 0 radical (unpaired) electrons. The van der Waals surface area contributed by atoms with E-state index in [4.69, 9.17) is 0 Å². The van der Waals surface area contributed by atoms with Crippen molar-refractivity contribution in [3.63, 3.8) is 0 Å². The molecular weight excluding hydrogens is 894 g/mol. The van der Waals surface area contributed by atoms with Gasteiger partial charge in [-0.2, -0.15) is 26.3 Å². The van der Waals surface area contributed by atoms with Crippen LogP contribution in [0, 0.1) is 0 Å². The molecule has 3 heterocycles. The molecule has 0 amide bonds. The Bertz CT molecular complexity index is 1220. The van der Waals surface area contributed by atoms with Crippen molar-refractivity contribution in [3.05, 3.63) is 0 Å². The third kappa shape index (κ3) is 39.3. The summed E-state index contributed by atoms with van der Waals surface area (Å²) in [7, 11) is 2.11. The lowest BCUT2D eigenvalue weighted by Gasteiger charge is -2.21. The van der Waals surface area contributed by atoms with Gasteiger partial charge in [0.2, 0.25) is 5.78 Å². The first-order valence-electron chi connectivity index (χ1n) is 16.3. The molecule has 3 aliphatic heterocycles. The van der Waals surface area contributed by atoms with Gasteiger partial charge in [-0.3, -0.25) is 14.4 Å². The van der Waals surface area contributed by atoms with Gasteiger partial charge in [-0.15, -0.1) is 0 Å². The molecule has 30 heteroatoms. The molecular formula is C31H44F14O16. The predicted molar refractivity (Wildman–Crippen MR) is 171 cm³/mol. The van der Waals surface area contributed by atoms with Gasteiger partial charge in [0.25, 0.3) is 12.8 Å². The minimum absolute atomic E-state index is 0.0486. The quantitative estimate of drug-likeness (QED) is 0.114. The molecule has 0 aliphatic carbocycles. The molecule has 61 heavy (non-hydrogen) atoms. The minimum Gasteiger partial charge on any atom is -0.469 e. The summed E-state index contributed by atoms with van der Waals surface area (Å²) in [5.74, 6) is -7.08. The van der Waals surface area contributed by atoms with Crippen molar-refractivity contribution in [3.8, 4) is 0 Å². The van der Waals surface area contributed by atoms with Crippen LogP contribution in [0.15, 0.2) is 0 Å². The third-order valence-corrected chi connectivity index (χ3v) is 5.24. The SMILES string of the molecule is CC(=O)OCC(C)F.CC(F)C(F)(F)COC(F)(F)C(F)F.CC1COC(=O)O1.CC1COC(=O)O1.CC1OC(=O)OC1F.COC(=O)CC(F)(F)F.COCC(=O)C(F)F. The second kappa shape index (κ2) is 32.1. The normalized spacial score (nSPS) is 19.8. The highest BCUT2D eigenvalue weighted by atomic mass is 19.4. The van der Waals surface area contributed by atoms with Gasteiger partial charge in [0.05, 0.1) is 7.11 Å². The number of esters is 2. The van der Waals surface area contributed by atoms with E-state index in [2.05, 4.69) is 47.4 Å². The first-order chi connectivity index (χ1) is 27.6. The summed E-state index contributed by atoms with van der Waals surface area (Å²) in [6.45, 7) is 6.06. The lowest BCUT2D eigenvalue weighted by molar-refractivity contribution is -0.320. The van der Waals surface area contributed by atoms with E-state index in [9.17, 15) is 90.2 Å². The summed E-state index contributed by atoms with van der Waals surface area (Å²) in [5, 5.41) is 0. The fourth-order valence-electron chi connectivity index (χ4n) is 2.30. The Morgan fingerprint density at radius 2 is 1.21 bits per heavy atom. The number of methoxy groups -OCH3 is 2. The third-order valence-electron chi connectivity index (χ3n) is 5.24. The van der Waals surface area contributed by atoms with Gasteiger partial charge in [0.1, 0.15) is 57.8 Å². The molecule has 362 valence electrons. The molecule has 3 rings (SSSR count). The van der Waals surface area contributed by atoms with Crippen LogP contribution in [0.4, 0.5) is 75.8 Å². The van der Waals surface area contributed by atoms with E-state index in [1.54, 1.807) is 13.8 Å². The van der Waals surface area contributed by atoms with Gasteiger partial charge >= 0.3 is 55.0 Å². The second-order valence-corrected chi connectivity index (χ2v) is 11.2. The van der Waals surface area contributed by atoms with Gasteiger partial charge in [0.15, 0.2) is 12.3 Å². The largest absolute Gasteiger partial charge is 0.511 e. The zero-order valence-corrected chi connectivity index (χ0v) is 33.2. The van der Waals surface area contributed by atoms with Gasteiger partial charge < -0.3 is 47.4 Å². The number of hydrogen-bond donors (Lipinski definition) is 0. The van der Waals surface area contributed by atoms with Gasteiger partial charge in [0, 0.05) is 14.0 Å². The molecule has 6 unspecified atom stereocenters. The van der Waals surface area contributed by atoms with Crippen molar-refractivity contribution in [1.82, 2.24) is 0 Å². The van der Waals surface area contributed by atoms with Crippen LogP contribution in [-0.4, -0.2) is 152 Å². The van der Waals surface area contributed by atoms with E-state index in [1.807, 2.05) is 0 Å². The Labute approximate surface area is 337 Å². The van der Waals surface area contributed by atoms with Crippen molar-refractivity contribution < 1.29 is 138 Å². The van der Waals surface area contributed by atoms with Crippen LogP contribution in [0.25, 0.3) is 0 Å². The van der Waals surface area contributed by atoms with Crippen molar-refractivity contribution in [1.29, 1.82) is 0 Å². The first-order valence-corrected chi connectivity index (χ1v) is 16.3. The minimum atomic E-state index is -4.99. The van der Waals surface area contributed by atoms with Crippen LogP contribution in [0.3, 0.4) is 0 Å². The molecule has 0 aromatic heterocycles. The zero-order valence-electron chi connectivity index (χ0n) is 33.2. The highest BCUT2D eigenvalue weighted by Gasteiger charge is 2.47. The summed E-state index contributed by atoms with van der Waals surface area (Å²) < 4.78 is 204. The number of alkyl halides is 14. The maximum Gasteiger partial charge on any atom is 0.511 e. The molecule has 0 aromatic carbocycles. The topological polar surface area (TPSA) is 195 Å². The monoisotopic (exact) mass is 938 g/mol. The number of Topliss-reactive ketones (excluding diaryl/α,β-unsaturated/α-hetero) is 1. The van der Waals surface area contributed by atoms with E-state index in [1.165, 1.54) is 27.9 Å². The molecule has 0 saturated carbocycles. The Hall–Kier alpha value is -4.64. The number of carbonyl (C=O) groups is 6. The average Bonchev–Trinajstić information content (AvgIpc) is 3.79. The molecule has 3 aliphatic rings. The lowest BCUT2D eigenvalue weighted by atomic mass is 10.2. The summed E-state index contributed by atoms with van der Waals surface area (Å²) in [6, 6.07) is 0. The van der Waals surface area contributed by atoms with Crippen LogP contribution >= 0.6 is 0 Å². The van der Waals surface area contributed by atoms with E-state index in [-0.39, 0.29) is 18.8 Å². The fraction of sp³-hybridized carbons (Fsp3) is 0.806. The highest BCUT2D eigenvalue weighted by molar-refractivity contribution is 5.82. The number of cyclic esters (lactones) is 6. The molecule has 3 saturated heterocycles. The van der Waals surface area contributed by atoms with Gasteiger partial charge in [-0.05, 0) is 34.6 Å². The van der Waals surface area contributed by atoms with Crippen LogP contribution in [0.2, 0.25) is 0 Å². The maximum atomic E-state index is 12.3. The van der Waals surface area contributed by atoms with E-state index in [0.717, 1.165) is 7.11 Å². The first kappa shape index (κ1) is 63.0.